The lowest BCUT2D eigenvalue weighted by Crippen LogP contribution is -2.33. The van der Waals surface area contributed by atoms with Gasteiger partial charge in [0.25, 0.3) is 10.1 Å². The Morgan fingerprint density at radius 2 is 1.83 bits per heavy atom. The second kappa shape index (κ2) is 5.23. The maximum atomic E-state index is 12.6. The maximum Gasteiger partial charge on any atom is 0.331 e. The van der Waals surface area contributed by atoms with Gasteiger partial charge < -0.3 is 0 Å². The molecule has 102 valence electrons. The Bertz CT molecular complexity index is 514. The first-order chi connectivity index (χ1) is 8.17. The van der Waals surface area contributed by atoms with Crippen LogP contribution in [-0.4, -0.2) is 27.4 Å². The first kappa shape index (κ1) is 14.9. The topological polar surface area (TPSA) is 43.4 Å². The maximum absolute atomic E-state index is 12.6. The molecule has 0 heterocycles. The molecule has 0 spiro atoms. The highest BCUT2D eigenvalue weighted by atomic mass is 32.2. The minimum Gasteiger partial charge on any atom is -0.260 e. The molecule has 0 unspecified atom stereocenters. The fraction of sp³-hybridized carbons (Fsp3) is 0.400. The van der Waals surface area contributed by atoms with Gasteiger partial charge in [0, 0.05) is 0 Å². The number of aryl methyl sites for hydroxylation is 1. The monoisotopic (exact) mass is 286 g/mol. The third kappa shape index (κ3) is 3.42. The molecule has 3 nitrogen and oxygen atoms in total. The Labute approximate surface area is 102 Å². The lowest BCUT2D eigenvalue weighted by atomic mass is 10.2. The molecule has 1 rings (SSSR count). The Morgan fingerprint density at radius 1 is 1.28 bits per heavy atom. The Hall–Kier alpha value is -1.15. The molecule has 0 atom stereocenters. The summed E-state index contributed by atoms with van der Waals surface area (Å²) in [6.07, 6.45) is -3.98. The summed E-state index contributed by atoms with van der Waals surface area (Å²) in [5, 5.41) is 0. The molecule has 18 heavy (non-hydrogen) atoms. The third-order valence-electron chi connectivity index (χ3n) is 2.09. The van der Waals surface area contributed by atoms with Crippen LogP contribution in [0.1, 0.15) is 5.56 Å². The predicted octanol–water partition coefficient (Wildman–Crippen LogP) is 2.60. The quantitative estimate of drug-likeness (QED) is 0.617. The van der Waals surface area contributed by atoms with E-state index < -0.39 is 29.1 Å². The van der Waals surface area contributed by atoms with Gasteiger partial charge in [0.15, 0.2) is 0 Å². The third-order valence-corrected chi connectivity index (χ3v) is 3.51. The molecule has 8 heteroatoms. The molecule has 0 fully saturated rings. The van der Waals surface area contributed by atoms with Crippen molar-refractivity contribution < 1.29 is 30.2 Å². The zero-order valence-electron chi connectivity index (χ0n) is 9.24. The average Bonchev–Trinajstić information content (AvgIpc) is 2.27. The van der Waals surface area contributed by atoms with Crippen molar-refractivity contribution in [3.8, 4) is 0 Å². The summed E-state index contributed by atoms with van der Waals surface area (Å²) in [4.78, 5) is -0.324. The Kier molecular flexibility index (Phi) is 4.33. The highest BCUT2D eigenvalue weighted by Crippen LogP contribution is 2.25. The first-order valence-corrected chi connectivity index (χ1v) is 6.19. The van der Waals surface area contributed by atoms with Crippen LogP contribution in [0, 0.1) is 6.92 Å². The lowest BCUT2D eigenvalue weighted by molar-refractivity contribution is -0.147. The SMILES string of the molecule is Cc1ccccc1S(=O)(=O)OCC(F)(F)C(F)F. The molecule has 0 saturated carbocycles. The highest BCUT2D eigenvalue weighted by Gasteiger charge is 2.42. The largest absolute Gasteiger partial charge is 0.331 e. The Balaban J connectivity index is 2.88. The number of halogens is 4. The normalized spacial score (nSPS) is 13.0. The molecule has 0 saturated heterocycles. The van der Waals surface area contributed by atoms with Crippen LogP contribution in [-0.2, 0) is 14.3 Å². The summed E-state index contributed by atoms with van der Waals surface area (Å²) in [5.74, 6) is -4.50. The number of rotatable bonds is 5. The van der Waals surface area contributed by atoms with Gasteiger partial charge in [0.2, 0.25) is 0 Å². The molecule has 0 aromatic heterocycles. The Morgan fingerprint density at radius 3 is 2.33 bits per heavy atom. The molecule has 0 aliphatic heterocycles. The van der Waals surface area contributed by atoms with Crippen LogP contribution < -0.4 is 0 Å². The van der Waals surface area contributed by atoms with Crippen molar-refractivity contribution in [2.45, 2.75) is 24.2 Å². The van der Waals surface area contributed by atoms with Crippen LogP contribution in [0.2, 0.25) is 0 Å². The highest BCUT2D eigenvalue weighted by molar-refractivity contribution is 7.86. The second-order valence-corrected chi connectivity index (χ2v) is 5.13. The van der Waals surface area contributed by atoms with E-state index in [9.17, 15) is 26.0 Å². The predicted molar refractivity (Wildman–Crippen MR) is 55.3 cm³/mol. The van der Waals surface area contributed by atoms with Crippen LogP contribution >= 0.6 is 0 Å². The zero-order valence-corrected chi connectivity index (χ0v) is 10.1. The molecular weight excluding hydrogens is 276 g/mol. The van der Waals surface area contributed by atoms with Gasteiger partial charge in [-0.25, -0.2) is 8.78 Å². The van der Waals surface area contributed by atoms with Crippen molar-refractivity contribution in [1.29, 1.82) is 0 Å². The molecule has 0 radical (unpaired) electrons. The van der Waals surface area contributed by atoms with E-state index in [1.54, 1.807) is 6.07 Å². The van der Waals surface area contributed by atoms with Crippen molar-refractivity contribution in [1.82, 2.24) is 0 Å². The van der Waals surface area contributed by atoms with Gasteiger partial charge in [-0.2, -0.15) is 17.2 Å². The fourth-order valence-corrected chi connectivity index (χ4v) is 2.27. The molecule has 0 amide bonds. The van der Waals surface area contributed by atoms with Crippen molar-refractivity contribution in [3.05, 3.63) is 29.8 Å². The van der Waals surface area contributed by atoms with Gasteiger partial charge in [0.1, 0.15) is 6.61 Å². The number of hydrogen-bond acceptors (Lipinski definition) is 3. The van der Waals surface area contributed by atoms with E-state index in [-0.39, 0.29) is 10.5 Å². The van der Waals surface area contributed by atoms with Crippen LogP contribution in [0.25, 0.3) is 0 Å². The molecule has 0 aliphatic rings. The van der Waals surface area contributed by atoms with Crippen molar-refractivity contribution in [3.63, 3.8) is 0 Å². The standard InChI is InChI=1S/C10H10F4O3S/c1-7-4-2-3-5-8(7)18(15,16)17-6-10(13,14)9(11)12/h2-5,9H,6H2,1H3. The van der Waals surface area contributed by atoms with Gasteiger partial charge in [-0.05, 0) is 18.6 Å². The summed E-state index contributed by atoms with van der Waals surface area (Å²) in [6, 6.07) is 5.49. The molecule has 0 aliphatic carbocycles. The number of hydrogen-bond donors (Lipinski definition) is 0. The summed E-state index contributed by atoms with van der Waals surface area (Å²) >= 11 is 0. The van der Waals surface area contributed by atoms with E-state index >= 15 is 0 Å². The van der Waals surface area contributed by atoms with Crippen molar-refractivity contribution in [2.24, 2.45) is 0 Å². The molecule has 1 aromatic carbocycles. The van der Waals surface area contributed by atoms with E-state index in [1.165, 1.54) is 19.1 Å². The second-order valence-electron chi connectivity index (χ2n) is 3.54. The van der Waals surface area contributed by atoms with E-state index in [1.807, 2.05) is 0 Å². The average molecular weight is 286 g/mol. The first-order valence-electron chi connectivity index (χ1n) is 4.78. The van der Waals surface area contributed by atoms with E-state index in [0.29, 0.717) is 0 Å². The van der Waals surface area contributed by atoms with E-state index in [0.717, 1.165) is 6.07 Å². The number of alkyl halides is 4. The fourth-order valence-electron chi connectivity index (χ4n) is 1.12. The molecule has 0 bridgehead atoms. The lowest BCUT2D eigenvalue weighted by Gasteiger charge is -2.15. The minimum absolute atomic E-state index is 0.276. The van der Waals surface area contributed by atoms with E-state index in [2.05, 4.69) is 4.18 Å². The summed E-state index contributed by atoms with van der Waals surface area (Å²) in [7, 11) is -4.47. The summed E-state index contributed by atoms with van der Waals surface area (Å²) < 4.78 is 75.8. The van der Waals surface area contributed by atoms with Crippen LogP contribution in [0.5, 0.6) is 0 Å². The van der Waals surface area contributed by atoms with Crippen molar-refractivity contribution in [2.75, 3.05) is 6.61 Å². The van der Waals surface area contributed by atoms with Crippen molar-refractivity contribution >= 4 is 10.1 Å². The van der Waals surface area contributed by atoms with Gasteiger partial charge in [-0.3, -0.25) is 4.18 Å². The van der Waals surface area contributed by atoms with Gasteiger partial charge >= 0.3 is 12.3 Å². The van der Waals surface area contributed by atoms with Crippen LogP contribution in [0.3, 0.4) is 0 Å². The molecular formula is C10H10F4O3S. The van der Waals surface area contributed by atoms with Crippen LogP contribution in [0.15, 0.2) is 29.2 Å². The zero-order chi connectivity index (χ0) is 14.0. The molecule has 0 N–H and O–H groups in total. The van der Waals surface area contributed by atoms with Gasteiger partial charge in [-0.1, -0.05) is 18.2 Å². The van der Waals surface area contributed by atoms with Crippen LogP contribution in [0.4, 0.5) is 17.6 Å². The molecule has 1 aromatic rings. The minimum atomic E-state index is -4.50. The van der Waals surface area contributed by atoms with E-state index in [4.69, 9.17) is 0 Å². The number of benzene rings is 1. The summed E-state index contributed by atoms with van der Waals surface area (Å²) in [6.45, 7) is -0.456. The van der Waals surface area contributed by atoms with Gasteiger partial charge in [-0.15, -0.1) is 0 Å². The van der Waals surface area contributed by atoms with Gasteiger partial charge in [0.05, 0.1) is 4.90 Å². The summed E-state index contributed by atoms with van der Waals surface area (Å²) in [5.41, 5.74) is 0.276. The smallest absolute Gasteiger partial charge is 0.260 e.